The van der Waals surface area contributed by atoms with Crippen molar-refractivity contribution in [2.24, 2.45) is 5.92 Å². The van der Waals surface area contributed by atoms with Crippen LogP contribution in [-0.2, 0) is 10.0 Å². The van der Waals surface area contributed by atoms with E-state index in [1.165, 1.54) is 12.4 Å². The van der Waals surface area contributed by atoms with Crippen molar-refractivity contribution in [1.29, 1.82) is 0 Å². The van der Waals surface area contributed by atoms with E-state index in [1.54, 1.807) is 0 Å². The van der Waals surface area contributed by atoms with E-state index >= 15 is 0 Å². The first kappa shape index (κ1) is 15.3. The number of rotatable bonds is 6. The van der Waals surface area contributed by atoms with E-state index in [2.05, 4.69) is 14.7 Å². The molecule has 1 N–H and O–H groups in total. The molecule has 0 bridgehead atoms. The molecule has 1 aromatic rings. The average molecular weight is 292 g/mol. The van der Waals surface area contributed by atoms with Crippen LogP contribution in [0.2, 0.25) is 5.28 Å². The first-order valence-corrected chi connectivity index (χ1v) is 7.76. The smallest absolute Gasteiger partial charge is 0.225 e. The third-order valence-corrected chi connectivity index (χ3v) is 4.71. The molecular formula is C11H18ClN3O2S. The van der Waals surface area contributed by atoms with E-state index in [0.717, 1.165) is 12.8 Å². The average Bonchev–Trinajstić information content (AvgIpc) is 2.30. The molecule has 102 valence electrons. The second kappa shape index (κ2) is 6.45. The molecule has 0 saturated carbocycles. The maximum Gasteiger partial charge on any atom is 0.243 e. The summed E-state index contributed by atoms with van der Waals surface area (Å²) >= 11 is 5.53. The lowest BCUT2D eigenvalue weighted by atomic mass is 9.96. The largest absolute Gasteiger partial charge is 0.243 e. The summed E-state index contributed by atoms with van der Waals surface area (Å²) in [7, 11) is -3.58. The summed E-state index contributed by atoms with van der Waals surface area (Å²) in [6, 6.07) is -0.124. The zero-order valence-corrected chi connectivity index (χ0v) is 12.3. The molecule has 0 fully saturated rings. The summed E-state index contributed by atoms with van der Waals surface area (Å²) in [4.78, 5) is 7.38. The van der Waals surface area contributed by atoms with Crippen LogP contribution in [0.1, 0.15) is 33.6 Å². The van der Waals surface area contributed by atoms with E-state index in [-0.39, 0.29) is 16.2 Å². The van der Waals surface area contributed by atoms with Gasteiger partial charge in [0.2, 0.25) is 15.3 Å². The second-order valence-electron chi connectivity index (χ2n) is 4.17. The van der Waals surface area contributed by atoms with Gasteiger partial charge in [0.25, 0.3) is 0 Å². The molecule has 18 heavy (non-hydrogen) atoms. The normalized spacial score (nSPS) is 13.8. The van der Waals surface area contributed by atoms with E-state index < -0.39 is 10.0 Å². The van der Waals surface area contributed by atoms with Gasteiger partial charge in [0.05, 0.1) is 12.4 Å². The Morgan fingerprint density at radius 1 is 1.28 bits per heavy atom. The summed E-state index contributed by atoms with van der Waals surface area (Å²) in [5.74, 6) is 0.313. The lowest BCUT2D eigenvalue weighted by molar-refractivity contribution is 0.390. The third-order valence-electron chi connectivity index (χ3n) is 3.00. The number of halogens is 1. The van der Waals surface area contributed by atoms with Gasteiger partial charge in [-0.05, 0) is 24.4 Å². The van der Waals surface area contributed by atoms with Crippen molar-refractivity contribution in [3.05, 3.63) is 17.7 Å². The molecule has 0 aromatic carbocycles. The number of nitrogens with one attached hydrogen (secondary N) is 1. The van der Waals surface area contributed by atoms with Crippen molar-refractivity contribution in [1.82, 2.24) is 14.7 Å². The molecule has 0 aliphatic rings. The van der Waals surface area contributed by atoms with Crippen molar-refractivity contribution < 1.29 is 8.42 Å². The van der Waals surface area contributed by atoms with E-state index in [9.17, 15) is 8.42 Å². The number of nitrogens with zero attached hydrogens (tertiary/aromatic N) is 2. The molecule has 0 amide bonds. The van der Waals surface area contributed by atoms with E-state index in [4.69, 9.17) is 11.6 Å². The molecule has 0 aliphatic heterocycles. The minimum Gasteiger partial charge on any atom is -0.225 e. The summed E-state index contributed by atoms with van der Waals surface area (Å²) in [5.41, 5.74) is 0. The molecule has 0 radical (unpaired) electrons. The van der Waals surface area contributed by atoms with Gasteiger partial charge < -0.3 is 0 Å². The van der Waals surface area contributed by atoms with Gasteiger partial charge in [-0.25, -0.2) is 23.1 Å². The van der Waals surface area contributed by atoms with Crippen LogP contribution in [0.3, 0.4) is 0 Å². The molecule has 0 spiro atoms. The van der Waals surface area contributed by atoms with Crippen molar-refractivity contribution in [3.8, 4) is 0 Å². The Morgan fingerprint density at radius 2 is 1.78 bits per heavy atom. The number of hydrogen-bond acceptors (Lipinski definition) is 4. The van der Waals surface area contributed by atoms with Crippen molar-refractivity contribution in [2.75, 3.05) is 0 Å². The van der Waals surface area contributed by atoms with Crippen LogP contribution in [0.4, 0.5) is 0 Å². The summed E-state index contributed by atoms with van der Waals surface area (Å²) in [6.07, 6.45) is 4.27. The summed E-state index contributed by atoms with van der Waals surface area (Å²) in [5, 5.41) is 0.0296. The summed E-state index contributed by atoms with van der Waals surface area (Å²) in [6.45, 7) is 5.96. The van der Waals surface area contributed by atoms with Crippen LogP contribution in [0.25, 0.3) is 0 Å². The van der Waals surface area contributed by atoms with Crippen LogP contribution in [0, 0.1) is 5.92 Å². The first-order valence-electron chi connectivity index (χ1n) is 5.90. The fraction of sp³-hybridized carbons (Fsp3) is 0.636. The number of hydrogen-bond donors (Lipinski definition) is 1. The lowest BCUT2D eigenvalue weighted by Gasteiger charge is -2.22. The fourth-order valence-electron chi connectivity index (χ4n) is 1.84. The Labute approximate surface area is 113 Å². The van der Waals surface area contributed by atoms with Gasteiger partial charge in [0.15, 0.2) is 0 Å². The standard InChI is InChI=1S/C11H18ClN3O2S/c1-4-9(5-2)8(3)15-18(16,17)10-6-13-11(12)14-7-10/h6-9,15H,4-5H2,1-3H3. The van der Waals surface area contributed by atoms with Crippen LogP contribution in [-0.4, -0.2) is 24.4 Å². The predicted molar refractivity (Wildman–Crippen MR) is 70.9 cm³/mol. The minimum atomic E-state index is -3.58. The van der Waals surface area contributed by atoms with Crippen molar-refractivity contribution in [3.63, 3.8) is 0 Å². The molecule has 5 nitrogen and oxygen atoms in total. The first-order chi connectivity index (χ1) is 8.40. The van der Waals surface area contributed by atoms with Crippen molar-refractivity contribution in [2.45, 2.75) is 44.6 Å². The molecule has 1 heterocycles. The van der Waals surface area contributed by atoms with Crippen LogP contribution >= 0.6 is 11.6 Å². The molecule has 1 aromatic heterocycles. The highest BCUT2D eigenvalue weighted by Gasteiger charge is 2.22. The van der Waals surface area contributed by atoms with Gasteiger partial charge in [0, 0.05) is 6.04 Å². The van der Waals surface area contributed by atoms with Gasteiger partial charge in [-0.3, -0.25) is 0 Å². The van der Waals surface area contributed by atoms with E-state index in [0.29, 0.717) is 5.92 Å². The highest BCUT2D eigenvalue weighted by molar-refractivity contribution is 7.89. The molecule has 1 atom stereocenters. The second-order valence-corrected chi connectivity index (χ2v) is 6.23. The Hall–Kier alpha value is -0.720. The summed E-state index contributed by atoms with van der Waals surface area (Å²) < 4.78 is 26.8. The zero-order valence-electron chi connectivity index (χ0n) is 10.7. The number of aromatic nitrogens is 2. The maximum absolute atomic E-state index is 12.1. The van der Waals surface area contributed by atoms with Crippen LogP contribution in [0.5, 0.6) is 0 Å². The highest BCUT2D eigenvalue weighted by atomic mass is 35.5. The Balaban J connectivity index is 2.85. The SMILES string of the molecule is CCC(CC)C(C)NS(=O)(=O)c1cnc(Cl)nc1. The van der Waals surface area contributed by atoms with Crippen molar-refractivity contribution >= 4 is 21.6 Å². The molecule has 7 heteroatoms. The van der Waals surface area contributed by atoms with Gasteiger partial charge in [-0.15, -0.1) is 0 Å². The van der Waals surface area contributed by atoms with Gasteiger partial charge in [-0.2, -0.15) is 0 Å². The quantitative estimate of drug-likeness (QED) is 0.816. The van der Waals surface area contributed by atoms with Gasteiger partial charge in [-0.1, -0.05) is 26.7 Å². The topological polar surface area (TPSA) is 72.0 Å². The van der Waals surface area contributed by atoms with Crippen LogP contribution < -0.4 is 4.72 Å². The highest BCUT2D eigenvalue weighted by Crippen LogP contribution is 2.16. The Morgan fingerprint density at radius 3 is 2.22 bits per heavy atom. The Kier molecular flexibility index (Phi) is 5.49. The van der Waals surface area contributed by atoms with Crippen LogP contribution in [0.15, 0.2) is 17.3 Å². The molecule has 1 rings (SSSR count). The molecule has 0 aliphatic carbocycles. The van der Waals surface area contributed by atoms with Gasteiger partial charge >= 0.3 is 0 Å². The van der Waals surface area contributed by atoms with Gasteiger partial charge in [0.1, 0.15) is 4.90 Å². The third kappa shape index (κ3) is 3.90. The fourth-order valence-corrected chi connectivity index (χ4v) is 3.14. The molecule has 0 saturated heterocycles. The molecular weight excluding hydrogens is 274 g/mol. The van der Waals surface area contributed by atoms with E-state index in [1.807, 2.05) is 20.8 Å². The Bertz CT molecular complexity index is 472. The molecule has 1 unspecified atom stereocenters. The predicted octanol–water partition coefficient (Wildman–Crippen LogP) is 2.23. The monoisotopic (exact) mass is 291 g/mol. The minimum absolute atomic E-state index is 0.0296. The zero-order chi connectivity index (χ0) is 13.8. The lowest BCUT2D eigenvalue weighted by Crippen LogP contribution is -2.37. The maximum atomic E-state index is 12.1. The number of sulfonamides is 1.